The predicted octanol–water partition coefficient (Wildman–Crippen LogP) is 2.16. The van der Waals surface area contributed by atoms with E-state index in [9.17, 15) is 0 Å². The highest BCUT2D eigenvalue weighted by atomic mass is 32.1. The monoisotopic (exact) mass is 193 g/mol. The highest BCUT2D eigenvalue weighted by Gasteiger charge is 2.06. The summed E-state index contributed by atoms with van der Waals surface area (Å²) in [6, 6.07) is 6.07. The molecule has 2 aromatic rings. The zero-order chi connectivity index (χ0) is 9.26. The van der Waals surface area contributed by atoms with Gasteiger partial charge in [0.2, 0.25) is 0 Å². The number of nitrogens with zero attached hydrogens (tertiary/aromatic N) is 1. The van der Waals surface area contributed by atoms with E-state index in [4.69, 9.17) is 5.73 Å². The van der Waals surface area contributed by atoms with Crippen molar-refractivity contribution in [3.05, 3.63) is 29.3 Å². The standard InChI is InChI=1S/C9H11N3S/c1-6(10)7-5-8(12-11-7)9-3-2-4-13-9/h2-6H,10H2,1H3,(H,11,12). The van der Waals surface area contributed by atoms with Gasteiger partial charge in [-0.25, -0.2) is 0 Å². The van der Waals surface area contributed by atoms with Gasteiger partial charge in [-0.15, -0.1) is 11.3 Å². The van der Waals surface area contributed by atoms with Crippen molar-refractivity contribution in [2.75, 3.05) is 0 Å². The quantitative estimate of drug-likeness (QED) is 0.767. The van der Waals surface area contributed by atoms with E-state index in [1.54, 1.807) is 11.3 Å². The molecule has 68 valence electrons. The number of nitrogens with two attached hydrogens (primary N) is 1. The number of hydrogen-bond acceptors (Lipinski definition) is 3. The highest BCUT2D eigenvalue weighted by molar-refractivity contribution is 7.13. The summed E-state index contributed by atoms with van der Waals surface area (Å²) in [6.45, 7) is 1.94. The van der Waals surface area contributed by atoms with Gasteiger partial charge in [-0.1, -0.05) is 6.07 Å². The van der Waals surface area contributed by atoms with Gasteiger partial charge in [-0.3, -0.25) is 5.10 Å². The molecule has 0 aliphatic carbocycles. The Hall–Kier alpha value is -1.13. The van der Waals surface area contributed by atoms with Crippen LogP contribution in [0.15, 0.2) is 23.6 Å². The molecule has 0 amide bonds. The predicted molar refractivity (Wildman–Crippen MR) is 54.5 cm³/mol. The zero-order valence-corrected chi connectivity index (χ0v) is 8.14. The molecular weight excluding hydrogens is 182 g/mol. The third-order valence-corrected chi connectivity index (χ3v) is 2.75. The van der Waals surface area contributed by atoms with E-state index in [1.165, 1.54) is 4.88 Å². The van der Waals surface area contributed by atoms with Crippen molar-refractivity contribution in [3.8, 4) is 10.6 Å². The fraction of sp³-hybridized carbons (Fsp3) is 0.222. The van der Waals surface area contributed by atoms with Crippen molar-refractivity contribution in [2.45, 2.75) is 13.0 Å². The highest BCUT2D eigenvalue weighted by Crippen LogP contribution is 2.23. The van der Waals surface area contributed by atoms with E-state index < -0.39 is 0 Å². The Labute approximate surface area is 80.6 Å². The lowest BCUT2D eigenvalue weighted by molar-refractivity contribution is 0.772. The van der Waals surface area contributed by atoms with Gasteiger partial charge >= 0.3 is 0 Å². The summed E-state index contributed by atoms with van der Waals surface area (Å²) in [5.41, 5.74) is 7.66. The Bertz CT molecular complexity index is 375. The summed E-state index contributed by atoms with van der Waals surface area (Å²) in [4.78, 5) is 1.17. The molecule has 0 bridgehead atoms. The van der Waals surface area contributed by atoms with Gasteiger partial charge in [0.15, 0.2) is 0 Å². The van der Waals surface area contributed by atoms with Gasteiger partial charge < -0.3 is 5.73 Å². The van der Waals surface area contributed by atoms with Crippen molar-refractivity contribution < 1.29 is 0 Å². The molecule has 0 spiro atoms. The molecule has 13 heavy (non-hydrogen) atoms. The minimum atomic E-state index is 0.0150. The van der Waals surface area contributed by atoms with Crippen LogP contribution in [-0.2, 0) is 0 Å². The molecule has 0 saturated carbocycles. The van der Waals surface area contributed by atoms with Crippen LogP contribution >= 0.6 is 11.3 Å². The Morgan fingerprint density at radius 3 is 3.00 bits per heavy atom. The van der Waals surface area contributed by atoms with Crippen LogP contribution in [0.4, 0.5) is 0 Å². The minimum absolute atomic E-state index is 0.0150. The zero-order valence-electron chi connectivity index (χ0n) is 7.32. The van der Waals surface area contributed by atoms with Crippen LogP contribution in [0.3, 0.4) is 0 Å². The van der Waals surface area contributed by atoms with Gasteiger partial charge in [0.25, 0.3) is 0 Å². The van der Waals surface area contributed by atoms with Gasteiger partial charge in [-0.05, 0) is 24.4 Å². The molecule has 0 saturated heterocycles. The maximum atomic E-state index is 5.71. The first-order valence-electron chi connectivity index (χ1n) is 4.12. The number of nitrogens with one attached hydrogen (secondary N) is 1. The molecule has 0 radical (unpaired) electrons. The number of H-pyrrole nitrogens is 1. The third kappa shape index (κ3) is 1.64. The van der Waals surface area contributed by atoms with Gasteiger partial charge in [0, 0.05) is 6.04 Å². The average molecular weight is 193 g/mol. The molecule has 0 fully saturated rings. The third-order valence-electron chi connectivity index (χ3n) is 1.86. The van der Waals surface area contributed by atoms with Crippen molar-refractivity contribution in [3.63, 3.8) is 0 Å². The van der Waals surface area contributed by atoms with Crippen LogP contribution in [0.2, 0.25) is 0 Å². The second kappa shape index (κ2) is 3.32. The largest absolute Gasteiger partial charge is 0.323 e. The lowest BCUT2D eigenvalue weighted by Gasteiger charge is -1.96. The van der Waals surface area contributed by atoms with Gasteiger partial charge in [-0.2, -0.15) is 5.10 Å². The molecule has 0 aliphatic heterocycles. The molecule has 2 aromatic heterocycles. The van der Waals surface area contributed by atoms with Crippen molar-refractivity contribution in [1.82, 2.24) is 10.2 Å². The molecule has 1 atom stereocenters. The smallest absolute Gasteiger partial charge is 0.102 e. The van der Waals surface area contributed by atoms with Crippen LogP contribution < -0.4 is 5.73 Å². The van der Waals surface area contributed by atoms with E-state index >= 15 is 0 Å². The summed E-state index contributed by atoms with van der Waals surface area (Å²) in [7, 11) is 0. The summed E-state index contributed by atoms with van der Waals surface area (Å²) in [5.74, 6) is 0. The minimum Gasteiger partial charge on any atom is -0.323 e. The van der Waals surface area contributed by atoms with E-state index in [1.807, 2.05) is 30.5 Å². The molecule has 1 unspecified atom stereocenters. The van der Waals surface area contributed by atoms with Crippen LogP contribution in [0, 0.1) is 0 Å². The number of rotatable bonds is 2. The summed E-state index contributed by atoms with van der Waals surface area (Å²) in [6.07, 6.45) is 0. The SMILES string of the molecule is CC(N)c1cc(-c2cccs2)n[nH]1. The molecule has 2 rings (SSSR count). The number of thiophene rings is 1. The first-order valence-corrected chi connectivity index (χ1v) is 5.00. The summed E-state index contributed by atoms with van der Waals surface area (Å²) < 4.78 is 0. The maximum Gasteiger partial charge on any atom is 0.102 e. The second-order valence-corrected chi connectivity index (χ2v) is 3.92. The number of aromatic amines is 1. The molecule has 3 nitrogen and oxygen atoms in total. The van der Waals surface area contributed by atoms with Crippen molar-refractivity contribution in [1.29, 1.82) is 0 Å². The molecule has 4 heteroatoms. The van der Waals surface area contributed by atoms with Gasteiger partial charge in [0.05, 0.1) is 10.6 Å². The van der Waals surface area contributed by atoms with Crippen LogP contribution in [-0.4, -0.2) is 10.2 Å². The van der Waals surface area contributed by atoms with Crippen LogP contribution in [0.5, 0.6) is 0 Å². The molecule has 3 N–H and O–H groups in total. The van der Waals surface area contributed by atoms with Crippen LogP contribution in [0.1, 0.15) is 18.7 Å². The Morgan fingerprint density at radius 1 is 1.62 bits per heavy atom. The second-order valence-electron chi connectivity index (χ2n) is 2.97. The first-order chi connectivity index (χ1) is 6.27. The number of aromatic nitrogens is 2. The van der Waals surface area contributed by atoms with E-state index in [-0.39, 0.29) is 6.04 Å². The van der Waals surface area contributed by atoms with Crippen LogP contribution in [0.25, 0.3) is 10.6 Å². The summed E-state index contributed by atoms with van der Waals surface area (Å²) >= 11 is 1.68. The molecule has 0 aliphatic rings. The lowest BCUT2D eigenvalue weighted by atomic mass is 10.2. The van der Waals surface area contributed by atoms with E-state index in [2.05, 4.69) is 10.2 Å². The summed E-state index contributed by atoms with van der Waals surface area (Å²) in [5, 5.41) is 9.15. The molecule has 0 aromatic carbocycles. The number of hydrogen-bond donors (Lipinski definition) is 2. The Kier molecular flexibility index (Phi) is 2.16. The van der Waals surface area contributed by atoms with Crippen molar-refractivity contribution in [2.24, 2.45) is 5.73 Å². The lowest BCUT2D eigenvalue weighted by Crippen LogP contribution is -2.04. The normalized spacial score (nSPS) is 13.1. The first kappa shape index (κ1) is 8.47. The van der Waals surface area contributed by atoms with Crippen molar-refractivity contribution >= 4 is 11.3 Å². The van der Waals surface area contributed by atoms with E-state index in [0.29, 0.717) is 0 Å². The van der Waals surface area contributed by atoms with Gasteiger partial charge in [0.1, 0.15) is 5.69 Å². The molecule has 2 heterocycles. The Morgan fingerprint density at radius 2 is 2.46 bits per heavy atom. The fourth-order valence-corrected chi connectivity index (χ4v) is 1.81. The topological polar surface area (TPSA) is 54.7 Å². The average Bonchev–Trinajstić information content (AvgIpc) is 2.75. The fourth-order valence-electron chi connectivity index (χ4n) is 1.12. The molecular formula is C9H11N3S. The Balaban J connectivity index is 2.33. The van der Waals surface area contributed by atoms with E-state index in [0.717, 1.165) is 11.4 Å². The maximum absolute atomic E-state index is 5.71.